The predicted molar refractivity (Wildman–Crippen MR) is 147 cm³/mol. The smallest absolute Gasteiger partial charge is 0.313 e. The zero-order chi connectivity index (χ0) is 26.6. The summed E-state index contributed by atoms with van der Waals surface area (Å²) in [6, 6.07) is 10.5. The summed E-state index contributed by atoms with van der Waals surface area (Å²) >= 11 is 0. The molecule has 38 heavy (non-hydrogen) atoms. The Morgan fingerprint density at radius 3 is 2.68 bits per heavy atom. The molecule has 1 saturated carbocycles. The van der Waals surface area contributed by atoms with Crippen molar-refractivity contribution in [1.29, 1.82) is 0 Å². The number of aromatic nitrogens is 6. The SMILES string of the molecule is CCOC(=O)C(Cc1ccc2c(nnn2C)c1C)c1ccc(C)c(Cc2cnnn2CC2CCCCC2)c1. The lowest BCUT2D eigenvalue weighted by atomic mass is 9.87. The topological polar surface area (TPSA) is 87.7 Å². The lowest BCUT2D eigenvalue weighted by molar-refractivity contribution is -0.144. The minimum Gasteiger partial charge on any atom is -0.466 e. The number of carbonyl (C=O) groups is 1. The zero-order valence-electron chi connectivity index (χ0n) is 23.0. The predicted octanol–water partition coefficient (Wildman–Crippen LogP) is 5.24. The Morgan fingerprint density at radius 1 is 1.08 bits per heavy atom. The van der Waals surface area contributed by atoms with E-state index >= 15 is 0 Å². The largest absolute Gasteiger partial charge is 0.466 e. The molecule has 0 aliphatic heterocycles. The minimum absolute atomic E-state index is 0.204. The molecule has 2 aromatic carbocycles. The molecule has 2 heterocycles. The van der Waals surface area contributed by atoms with Crippen LogP contribution in [0.25, 0.3) is 11.0 Å². The van der Waals surface area contributed by atoms with Gasteiger partial charge in [-0.1, -0.05) is 54.0 Å². The number of esters is 1. The van der Waals surface area contributed by atoms with E-state index in [1.165, 1.54) is 43.2 Å². The summed E-state index contributed by atoms with van der Waals surface area (Å²) in [4.78, 5) is 13.2. The Bertz CT molecular complexity index is 1420. The molecular weight excluding hydrogens is 476 g/mol. The van der Waals surface area contributed by atoms with Crippen LogP contribution >= 0.6 is 0 Å². The summed E-state index contributed by atoms with van der Waals surface area (Å²) in [7, 11) is 1.89. The number of carbonyl (C=O) groups excluding carboxylic acids is 1. The average molecular weight is 515 g/mol. The van der Waals surface area contributed by atoms with Crippen molar-refractivity contribution in [2.45, 2.75) is 78.2 Å². The summed E-state index contributed by atoms with van der Waals surface area (Å²) in [5.74, 6) is 0.0667. The second-order valence-corrected chi connectivity index (χ2v) is 10.7. The van der Waals surface area contributed by atoms with Gasteiger partial charge in [-0.3, -0.25) is 4.79 Å². The first-order chi connectivity index (χ1) is 18.4. The van der Waals surface area contributed by atoms with Crippen LogP contribution < -0.4 is 0 Å². The monoisotopic (exact) mass is 514 g/mol. The van der Waals surface area contributed by atoms with E-state index < -0.39 is 5.92 Å². The minimum atomic E-state index is -0.410. The summed E-state index contributed by atoms with van der Waals surface area (Å²) in [5, 5.41) is 17.2. The standard InChI is InChI=1S/C30H38N6O2/c1-5-38-30(37)27(17-23-13-14-28-29(21(23)3)32-34-35(28)4)24-12-11-20(2)25(15-24)16-26-18-31-33-36(26)19-22-9-7-6-8-10-22/h11-15,18,22,27H,5-10,16-17,19H2,1-4H3. The van der Waals surface area contributed by atoms with Crippen molar-refractivity contribution in [3.63, 3.8) is 0 Å². The number of aryl methyl sites for hydroxylation is 3. The third-order valence-corrected chi connectivity index (χ3v) is 8.15. The Labute approximate surface area is 224 Å². The molecule has 2 aromatic heterocycles. The average Bonchev–Trinajstić information content (AvgIpc) is 3.52. The van der Waals surface area contributed by atoms with E-state index in [9.17, 15) is 4.79 Å². The molecule has 200 valence electrons. The van der Waals surface area contributed by atoms with Crippen LogP contribution in [0.15, 0.2) is 36.5 Å². The van der Waals surface area contributed by atoms with Crippen molar-refractivity contribution in [3.05, 3.63) is 70.0 Å². The van der Waals surface area contributed by atoms with Crippen molar-refractivity contribution in [3.8, 4) is 0 Å². The molecule has 8 nitrogen and oxygen atoms in total. The van der Waals surface area contributed by atoms with Gasteiger partial charge in [0, 0.05) is 20.0 Å². The van der Waals surface area contributed by atoms with E-state index in [1.807, 2.05) is 26.2 Å². The van der Waals surface area contributed by atoms with Crippen molar-refractivity contribution in [1.82, 2.24) is 30.0 Å². The van der Waals surface area contributed by atoms with E-state index in [4.69, 9.17) is 4.74 Å². The molecule has 0 amide bonds. The Hall–Kier alpha value is -3.55. The zero-order valence-corrected chi connectivity index (χ0v) is 23.0. The van der Waals surface area contributed by atoms with Gasteiger partial charge in [-0.15, -0.1) is 10.2 Å². The van der Waals surface area contributed by atoms with Gasteiger partial charge in [0.15, 0.2) is 0 Å². The van der Waals surface area contributed by atoms with Gasteiger partial charge in [-0.05, 0) is 79.8 Å². The summed E-state index contributed by atoms with van der Waals surface area (Å²) < 4.78 is 9.41. The molecule has 8 heteroatoms. The highest BCUT2D eigenvalue weighted by Crippen LogP contribution is 2.30. The highest BCUT2D eigenvalue weighted by atomic mass is 16.5. The Kier molecular flexibility index (Phi) is 7.86. The van der Waals surface area contributed by atoms with Gasteiger partial charge in [-0.25, -0.2) is 9.36 Å². The number of nitrogens with zero attached hydrogens (tertiary/aromatic N) is 6. The van der Waals surface area contributed by atoms with E-state index in [0.29, 0.717) is 18.9 Å². The first-order valence-electron chi connectivity index (χ1n) is 13.9. The van der Waals surface area contributed by atoms with Gasteiger partial charge in [0.2, 0.25) is 0 Å². The third-order valence-electron chi connectivity index (χ3n) is 8.15. The normalized spacial score (nSPS) is 15.2. The molecule has 5 rings (SSSR count). The van der Waals surface area contributed by atoms with Gasteiger partial charge in [0.1, 0.15) is 5.52 Å². The molecule has 1 unspecified atom stereocenters. The van der Waals surface area contributed by atoms with Crippen LogP contribution in [-0.4, -0.2) is 42.6 Å². The van der Waals surface area contributed by atoms with Crippen LogP contribution in [0.5, 0.6) is 0 Å². The first kappa shape index (κ1) is 26.1. The quantitative estimate of drug-likeness (QED) is 0.284. The van der Waals surface area contributed by atoms with Gasteiger partial charge < -0.3 is 4.74 Å². The Balaban J connectivity index is 1.42. The van der Waals surface area contributed by atoms with Gasteiger partial charge >= 0.3 is 5.97 Å². The lowest BCUT2D eigenvalue weighted by Crippen LogP contribution is -2.19. The third kappa shape index (κ3) is 5.49. The lowest BCUT2D eigenvalue weighted by Gasteiger charge is -2.22. The number of hydrogen-bond acceptors (Lipinski definition) is 6. The molecule has 1 aliphatic carbocycles. The van der Waals surface area contributed by atoms with Crippen molar-refractivity contribution >= 4 is 17.0 Å². The van der Waals surface area contributed by atoms with E-state index in [1.54, 1.807) is 4.68 Å². The maximum absolute atomic E-state index is 13.2. The molecule has 0 radical (unpaired) electrons. The molecular formula is C30H38N6O2. The molecule has 4 aromatic rings. The Morgan fingerprint density at radius 2 is 1.89 bits per heavy atom. The highest BCUT2D eigenvalue weighted by molar-refractivity contribution is 5.81. The van der Waals surface area contributed by atoms with Gasteiger partial charge in [-0.2, -0.15) is 0 Å². The fraction of sp³-hybridized carbons (Fsp3) is 0.500. The van der Waals surface area contributed by atoms with Crippen LogP contribution in [0.4, 0.5) is 0 Å². The molecule has 1 atom stereocenters. The first-order valence-corrected chi connectivity index (χ1v) is 13.9. The van der Waals surface area contributed by atoms with Crippen LogP contribution in [-0.2, 0) is 36.0 Å². The number of fused-ring (bicyclic) bond motifs is 1. The van der Waals surface area contributed by atoms with Crippen LogP contribution in [0.1, 0.15) is 78.5 Å². The highest BCUT2D eigenvalue weighted by Gasteiger charge is 2.25. The number of benzene rings is 2. The van der Waals surface area contributed by atoms with Crippen molar-refractivity contribution < 1.29 is 9.53 Å². The second-order valence-electron chi connectivity index (χ2n) is 10.7. The second kappa shape index (κ2) is 11.5. The van der Waals surface area contributed by atoms with E-state index in [0.717, 1.165) is 46.4 Å². The van der Waals surface area contributed by atoms with Crippen LogP contribution in [0.2, 0.25) is 0 Å². The fourth-order valence-electron chi connectivity index (χ4n) is 5.77. The summed E-state index contributed by atoms with van der Waals surface area (Å²) in [6.45, 7) is 7.31. The van der Waals surface area contributed by atoms with E-state index in [2.05, 4.69) is 63.4 Å². The summed E-state index contributed by atoms with van der Waals surface area (Å²) in [6.07, 6.45) is 9.68. The maximum Gasteiger partial charge on any atom is 0.313 e. The van der Waals surface area contributed by atoms with Crippen LogP contribution in [0.3, 0.4) is 0 Å². The van der Waals surface area contributed by atoms with Gasteiger partial charge in [0.25, 0.3) is 0 Å². The maximum atomic E-state index is 13.2. The molecule has 1 fully saturated rings. The molecule has 0 saturated heterocycles. The molecule has 1 aliphatic rings. The molecule has 0 spiro atoms. The van der Waals surface area contributed by atoms with Crippen LogP contribution in [0, 0.1) is 19.8 Å². The van der Waals surface area contributed by atoms with Crippen molar-refractivity contribution in [2.75, 3.05) is 6.61 Å². The summed E-state index contributed by atoms with van der Waals surface area (Å²) in [5.41, 5.74) is 8.44. The number of ether oxygens (including phenoxy) is 1. The van der Waals surface area contributed by atoms with Gasteiger partial charge in [0.05, 0.1) is 29.9 Å². The fourth-order valence-corrected chi connectivity index (χ4v) is 5.77. The number of hydrogen-bond donors (Lipinski definition) is 0. The van der Waals surface area contributed by atoms with Crippen molar-refractivity contribution in [2.24, 2.45) is 13.0 Å². The molecule has 0 N–H and O–H groups in total. The molecule has 0 bridgehead atoms. The number of rotatable bonds is 9. The van der Waals surface area contributed by atoms with E-state index in [-0.39, 0.29) is 5.97 Å².